The molecule has 1 unspecified atom stereocenters. The molecule has 0 N–H and O–H groups in total. The van der Waals surface area contributed by atoms with Gasteiger partial charge in [0.1, 0.15) is 11.6 Å². The van der Waals surface area contributed by atoms with Gasteiger partial charge < -0.3 is 0 Å². The van der Waals surface area contributed by atoms with Crippen LogP contribution in [0.15, 0.2) is 23.0 Å². The average Bonchev–Trinajstić information content (AvgIpc) is 2.69. The van der Waals surface area contributed by atoms with Gasteiger partial charge in [0, 0.05) is 7.05 Å². The van der Waals surface area contributed by atoms with Gasteiger partial charge >= 0.3 is 0 Å². The number of aromatic nitrogens is 2. The fraction of sp³-hybridized carbons (Fsp3) is 0.652. The first kappa shape index (κ1) is 22.5. The Morgan fingerprint density at radius 1 is 1.14 bits per heavy atom. The molecule has 0 bridgehead atoms. The maximum absolute atomic E-state index is 13.6. The van der Waals surface area contributed by atoms with E-state index in [2.05, 4.69) is 32.6 Å². The van der Waals surface area contributed by atoms with Crippen molar-refractivity contribution in [2.45, 2.75) is 72.3 Å². The maximum atomic E-state index is 13.6. The van der Waals surface area contributed by atoms with Crippen LogP contribution in [0.1, 0.15) is 78.1 Å². The number of benzene rings is 1. The van der Waals surface area contributed by atoms with Crippen molar-refractivity contribution in [3.05, 3.63) is 40.2 Å². The van der Waals surface area contributed by atoms with Crippen molar-refractivity contribution in [1.29, 1.82) is 0 Å². The van der Waals surface area contributed by atoms with Crippen molar-refractivity contribution in [2.75, 3.05) is 13.1 Å². The smallest absolute Gasteiger partial charge is 0.261 e. The second kappa shape index (κ2) is 10.7. The minimum absolute atomic E-state index is 0.104. The highest BCUT2D eigenvalue weighted by molar-refractivity contribution is 5.77. The molecule has 4 nitrogen and oxygen atoms in total. The SMILES string of the molecule is CCCCN(CCC(C)CC)[C@H](CCC)c1nc2ccc(F)cc2c(=O)n1C. The highest BCUT2D eigenvalue weighted by Gasteiger charge is 2.24. The second-order valence-electron chi connectivity index (χ2n) is 7.99. The second-order valence-corrected chi connectivity index (χ2v) is 7.99. The van der Waals surface area contributed by atoms with Crippen LogP contribution < -0.4 is 5.56 Å². The van der Waals surface area contributed by atoms with E-state index < -0.39 is 5.82 Å². The van der Waals surface area contributed by atoms with Gasteiger partial charge in [-0.3, -0.25) is 14.3 Å². The van der Waals surface area contributed by atoms with Crippen LogP contribution in [0.5, 0.6) is 0 Å². The number of hydrogen-bond acceptors (Lipinski definition) is 3. The van der Waals surface area contributed by atoms with E-state index in [4.69, 9.17) is 4.98 Å². The maximum Gasteiger partial charge on any atom is 0.261 e. The molecule has 0 aliphatic carbocycles. The first-order chi connectivity index (χ1) is 13.4. The lowest BCUT2D eigenvalue weighted by Gasteiger charge is -2.33. The van der Waals surface area contributed by atoms with E-state index in [1.807, 2.05) is 0 Å². The fourth-order valence-corrected chi connectivity index (χ4v) is 3.68. The summed E-state index contributed by atoms with van der Waals surface area (Å²) in [6.45, 7) is 10.9. The Hall–Kier alpha value is -1.75. The lowest BCUT2D eigenvalue weighted by atomic mass is 10.0. The summed E-state index contributed by atoms with van der Waals surface area (Å²) in [7, 11) is 1.77. The summed E-state index contributed by atoms with van der Waals surface area (Å²) in [6, 6.07) is 4.40. The van der Waals surface area contributed by atoms with Crippen LogP contribution in [-0.2, 0) is 7.05 Å². The molecule has 0 saturated carbocycles. The number of hydrogen-bond donors (Lipinski definition) is 0. The summed E-state index contributed by atoms with van der Waals surface area (Å²) < 4.78 is 15.3. The Morgan fingerprint density at radius 2 is 1.89 bits per heavy atom. The number of rotatable bonds is 11. The largest absolute Gasteiger partial charge is 0.298 e. The van der Waals surface area contributed by atoms with E-state index in [1.54, 1.807) is 17.7 Å². The van der Waals surface area contributed by atoms with Crippen LogP contribution in [0.3, 0.4) is 0 Å². The molecule has 5 heteroatoms. The number of fused-ring (bicyclic) bond motifs is 1. The highest BCUT2D eigenvalue weighted by atomic mass is 19.1. The Morgan fingerprint density at radius 3 is 2.54 bits per heavy atom. The van der Waals surface area contributed by atoms with Crippen LogP contribution in [0.2, 0.25) is 0 Å². The van der Waals surface area contributed by atoms with E-state index in [9.17, 15) is 9.18 Å². The molecule has 2 rings (SSSR count). The quantitative estimate of drug-likeness (QED) is 0.513. The topological polar surface area (TPSA) is 38.1 Å². The number of nitrogens with zero attached hydrogens (tertiary/aromatic N) is 3. The summed E-state index contributed by atoms with van der Waals surface area (Å²) in [6.07, 6.45) is 6.58. The van der Waals surface area contributed by atoms with E-state index in [-0.39, 0.29) is 11.6 Å². The standard InChI is InChI=1S/C23H36FN3O/c1-6-9-14-27(15-13-17(4)8-3)21(10-7-2)22-25-20-12-11-18(24)16-19(20)23(28)26(22)5/h11-12,16-17,21H,6-10,13-15H2,1-5H3/t17?,21-/m1/s1. The molecule has 0 fully saturated rings. The average molecular weight is 390 g/mol. The summed E-state index contributed by atoms with van der Waals surface area (Å²) >= 11 is 0. The molecular weight excluding hydrogens is 353 g/mol. The Labute approximate surface area is 168 Å². The minimum Gasteiger partial charge on any atom is -0.298 e. The molecule has 2 atom stereocenters. The van der Waals surface area contributed by atoms with Crippen LogP contribution >= 0.6 is 0 Å². The van der Waals surface area contributed by atoms with Gasteiger partial charge in [0.15, 0.2) is 0 Å². The minimum atomic E-state index is -0.401. The molecule has 0 saturated heterocycles. The van der Waals surface area contributed by atoms with Crippen molar-refractivity contribution in [2.24, 2.45) is 13.0 Å². The first-order valence-corrected chi connectivity index (χ1v) is 10.8. The highest BCUT2D eigenvalue weighted by Crippen LogP contribution is 2.26. The van der Waals surface area contributed by atoms with E-state index in [0.29, 0.717) is 16.8 Å². The van der Waals surface area contributed by atoms with Crippen LogP contribution in [-0.4, -0.2) is 27.5 Å². The van der Waals surface area contributed by atoms with E-state index >= 15 is 0 Å². The van der Waals surface area contributed by atoms with Crippen molar-refractivity contribution in [1.82, 2.24) is 14.5 Å². The van der Waals surface area contributed by atoms with Crippen LogP contribution in [0, 0.1) is 11.7 Å². The summed E-state index contributed by atoms with van der Waals surface area (Å²) in [5, 5.41) is 0.348. The fourth-order valence-electron chi connectivity index (χ4n) is 3.68. The molecule has 28 heavy (non-hydrogen) atoms. The first-order valence-electron chi connectivity index (χ1n) is 10.8. The molecular formula is C23H36FN3O. The zero-order chi connectivity index (χ0) is 20.7. The normalized spacial score (nSPS) is 14.0. The molecule has 0 aliphatic heterocycles. The molecule has 0 aliphatic rings. The van der Waals surface area contributed by atoms with Gasteiger partial charge in [-0.1, -0.05) is 47.0 Å². The Kier molecular flexibility index (Phi) is 8.61. The Bertz CT molecular complexity index is 817. The van der Waals surface area contributed by atoms with Crippen molar-refractivity contribution < 1.29 is 4.39 Å². The molecule has 0 spiro atoms. The molecule has 1 aromatic heterocycles. The van der Waals surface area contributed by atoms with Crippen molar-refractivity contribution in [3.8, 4) is 0 Å². The van der Waals surface area contributed by atoms with Crippen molar-refractivity contribution in [3.63, 3.8) is 0 Å². The van der Waals surface area contributed by atoms with Crippen LogP contribution in [0.25, 0.3) is 10.9 Å². The van der Waals surface area contributed by atoms with E-state index in [1.165, 1.54) is 18.6 Å². The van der Waals surface area contributed by atoms with Crippen LogP contribution in [0.4, 0.5) is 4.39 Å². The molecule has 156 valence electrons. The molecule has 2 aromatic rings. The third-order valence-corrected chi connectivity index (χ3v) is 5.78. The zero-order valence-electron chi connectivity index (χ0n) is 18.2. The lowest BCUT2D eigenvalue weighted by molar-refractivity contribution is 0.161. The van der Waals surface area contributed by atoms with Crippen molar-refractivity contribution >= 4 is 10.9 Å². The number of unbranched alkanes of at least 4 members (excludes halogenated alkanes) is 1. The van der Waals surface area contributed by atoms with Gasteiger partial charge in [0.25, 0.3) is 5.56 Å². The lowest BCUT2D eigenvalue weighted by Crippen LogP contribution is -2.36. The van der Waals surface area contributed by atoms with Gasteiger partial charge in [-0.15, -0.1) is 0 Å². The third-order valence-electron chi connectivity index (χ3n) is 5.78. The summed E-state index contributed by atoms with van der Waals surface area (Å²) in [5.74, 6) is 1.08. The predicted molar refractivity (Wildman–Crippen MR) is 115 cm³/mol. The Balaban J connectivity index is 2.47. The van der Waals surface area contributed by atoms with Gasteiger partial charge in [0.2, 0.25) is 0 Å². The number of halogens is 1. The molecule has 1 aromatic carbocycles. The summed E-state index contributed by atoms with van der Waals surface area (Å²) in [4.78, 5) is 20.2. The third kappa shape index (κ3) is 5.40. The monoisotopic (exact) mass is 389 g/mol. The molecule has 0 radical (unpaired) electrons. The van der Waals surface area contributed by atoms with Gasteiger partial charge in [0.05, 0.1) is 16.9 Å². The molecule has 1 heterocycles. The van der Waals surface area contributed by atoms with Gasteiger partial charge in [-0.2, -0.15) is 0 Å². The van der Waals surface area contributed by atoms with Gasteiger partial charge in [-0.25, -0.2) is 9.37 Å². The van der Waals surface area contributed by atoms with Gasteiger partial charge in [-0.05, 0) is 56.5 Å². The zero-order valence-corrected chi connectivity index (χ0v) is 18.2. The molecule has 0 amide bonds. The summed E-state index contributed by atoms with van der Waals surface area (Å²) in [5.41, 5.74) is 0.413. The van der Waals surface area contributed by atoms with E-state index in [0.717, 1.165) is 51.0 Å². The predicted octanol–water partition coefficient (Wildman–Crippen LogP) is 5.45.